The maximum Gasteiger partial charge on any atom is 0.217 e. The van der Waals surface area contributed by atoms with Gasteiger partial charge in [0.05, 0.1) is 0 Å². The summed E-state index contributed by atoms with van der Waals surface area (Å²) in [5, 5.41) is 3.22. The molecule has 0 saturated carbocycles. The van der Waals surface area contributed by atoms with Crippen LogP contribution in [-0.4, -0.2) is 12.5 Å². The zero-order chi connectivity index (χ0) is 12.7. The lowest BCUT2D eigenvalue weighted by molar-refractivity contribution is -0.118. The Labute approximate surface area is 101 Å². The van der Waals surface area contributed by atoms with E-state index in [9.17, 15) is 9.18 Å². The van der Waals surface area contributed by atoms with E-state index >= 15 is 0 Å². The maximum atomic E-state index is 13.0. The van der Waals surface area contributed by atoms with Crippen LogP contribution in [0.1, 0.15) is 30.4 Å². The highest BCUT2D eigenvalue weighted by molar-refractivity contribution is 5.73. The fourth-order valence-corrected chi connectivity index (χ4v) is 1.60. The quantitative estimate of drug-likeness (QED) is 0.713. The van der Waals surface area contributed by atoms with Crippen molar-refractivity contribution in [2.45, 2.75) is 32.7 Å². The van der Waals surface area contributed by atoms with Crippen LogP contribution in [0.5, 0.6) is 0 Å². The summed E-state index contributed by atoms with van der Waals surface area (Å²) >= 11 is 0. The molecular formula is C13H19FN2O. The second-order valence-electron chi connectivity index (χ2n) is 4.17. The molecule has 0 saturated heterocycles. The highest BCUT2D eigenvalue weighted by Crippen LogP contribution is 2.09. The molecule has 0 fully saturated rings. The first-order valence-electron chi connectivity index (χ1n) is 5.83. The first-order chi connectivity index (χ1) is 8.09. The van der Waals surface area contributed by atoms with E-state index in [0.29, 0.717) is 13.0 Å². The minimum Gasteiger partial charge on any atom is -0.370 e. The predicted molar refractivity (Wildman–Crippen MR) is 65.9 cm³/mol. The molecule has 4 heteroatoms. The van der Waals surface area contributed by atoms with Gasteiger partial charge in [0.2, 0.25) is 5.91 Å². The van der Waals surface area contributed by atoms with E-state index in [4.69, 9.17) is 5.73 Å². The first kappa shape index (κ1) is 13.6. The Morgan fingerprint density at radius 3 is 2.88 bits per heavy atom. The van der Waals surface area contributed by atoms with Crippen LogP contribution in [0.3, 0.4) is 0 Å². The standard InChI is InChI=1S/C13H19FN2O/c1-10-5-6-12(14)8-11(10)9-16-7-3-2-4-13(15)17/h5-6,8,16H,2-4,7,9H2,1H3,(H2,15,17). The van der Waals surface area contributed by atoms with Gasteiger partial charge in [-0.3, -0.25) is 4.79 Å². The van der Waals surface area contributed by atoms with Crippen LogP contribution in [0, 0.1) is 12.7 Å². The highest BCUT2D eigenvalue weighted by Gasteiger charge is 2.00. The summed E-state index contributed by atoms with van der Waals surface area (Å²) < 4.78 is 13.0. The third-order valence-electron chi connectivity index (χ3n) is 2.65. The van der Waals surface area contributed by atoms with Gasteiger partial charge in [0.1, 0.15) is 5.82 Å². The fourth-order valence-electron chi connectivity index (χ4n) is 1.60. The lowest BCUT2D eigenvalue weighted by atomic mass is 10.1. The van der Waals surface area contributed by atoms with E-state index in [0.717, 1.165) is 30.5 Å². The normalized spacial score (nSPS) is 10.5. The summed E-state index contributed by atoms with van der Waals surface area (Å²) in [6, 6.07) is 4.79. The lowest BCUT2D eigenvalue weighted by Crippen LogP contribution is -2.16. The van der Waals surface area contributed by atoms with Crippen molar-refractivity contribution in [1.82, 2.24) is 5.32 Å². The van der Waals surface area contributed by atoms with E-state index in [1.165, 1.54) is 6.07 Å². The molecule has 0 radical (unpaired) electrons. The molecule has 0 bridgehead atoms. The van der Waals surface area contributed by atoms with Gasteiger partial charge in [-0.1, -0.05) is 6.07 Å². The van der Waals surface area contributed by atoms with E-state index < -0.39 is 0 Å². The Morgan fingerprint density at radius 2 is 2.18 bits per heavy atom. The van der Waals surface area contributed by atoms with Crippen LogP contribution in [0.2, 0.25) is 0 Å². The van der Waals surface area contributed by atoms with E-state index in [1.807, 2.05) is 6.92 Å². The predicted octanol–water partition coefficient (Wildman–Crippen LogP) is 1.88. The molecule has 0 heterocycles. The van der Waals surface area contributed by atoms with Crippen molar-refractivity contribution in [3.05, 3.63) is 35.1 Å². The van der Waals surface area contributed by atoms with Gasteiger partial charge in [0.15, 0.2) is 0 Å². The Balaban J connectivity index is 2.22. The molecule has 0 aromatic heterocycles. The second-order valence-corrected chi connectivity index (χ2v) is 4.17. The first-order valence-corrected chi connectivity index (χ1v) is 5.83. The Hall–Kier alpha value is -1.42. The van der Waals surface area contributed by atoms with Crippen LogP contribution in [-0.2, 0) is 11.3 Å². The van der Waals surface area contributed by atoms with Gasteiger partial charge in [-0.15, -0.1) is 0 Å². The van der Waals surface area contributed by atoms with Gasteiger partial charge in [-0.05, 0) is 49.6 Å². The van der Waals surface area contributed by atoms with E-state index in [2.05, 4.69) is 5.32 Å². The van der Waals surface area contributed by atoms with Crippen molar-refractivity contribution >= 4 is 5.91 Å². The molecule has 1 rings (SSSR count). The summed E-state index contributed by atoms with van der Waals surface area (Å²) in [6.45, 7) is 3.42. The monoisotopic (exact) mass is 238 g/mol. The van der Waals surface area contributed by atoms with Crippen LogP contribution in [0.4, 0.5) is 4.39 Å². The van der Waals surface area contributed by atoms with Crippen molar-refractivity contribution in [2.75, 3.05) is 6.54 Å². The van der Waals surface area contributed by atoms with E-state index in [-0.39, 0.29) is 11.7 Å². The summed E-state index contributed by atoms with van der Waals surface area (Å²) in [5.74, 6) is -0.466. The van der Waals surface area contributed by atoms with Crippen molar-refractivity contribution in [3.8, 4) is 0 Å². The largest absolute Gasteiger partial charge is 0.370 e. The molecule has 0 atom stereocenters. The number of nitrogens with two attached hydrogens (primary N) is 1. The summed E-state index contributed by atoms with van der Waals surface area (Å²) in [4.78, 5) is 10.5. The number of amides is 1. The number of hydrogen-bond acceptors (Lipinski definition) is 2. The number of carbonyl (C=O) groups is 1. The van der Waals surface area contributed by atoms with Crippen molar-refractivity contribution in [1.29, 1.82) is 0 Å². The number of carbonyl (C=O) groups excluding carboxylic acids is 1. The minimum absolute atomic E-state index is 0.207. The number of primary amides is 1. The summed E-state index contributed by atoms with van der Waals surface area (Å²) in [5.41, 5.74) is 7.09. The third-order valence-corrected chi connectivity index (χ3v) is 2.65. The molecule has 0 aliphatic rings. The average molecular weight is 238 g/mol. The zero-order valence-corrected chi connectivity index (χ0v) is 10.1. The zero-order valence-electron chi connectivity index (χ0n) is 10.1. The van der Waals surface area contributed by atoms with Crippen LogP contribution >= 0.6 is 0 Å². The van der Waals surface area contributed by atoms with Crippen molar-refractivity contribution in [3.63, 3.8) is 0 Å². The number of aryl methyl sites for hydroxylation is 1. The molecule has 0 unspecified atom stereocenters. The number of benzene rings is 1. The van der Waals surface area contributed by atoms with Crippen LogP contribution < -0.4 is 11.1 Å². The smallest absolute Gasteiger partial charge is 0.217 e. The second kappa shape index (κ2) is 7.01. The number of nitrogens with one attached hydrogen (secondary N) is 1. The highest BCUT2D eigenvalue weighted by atomic mass is 19.1. The Kier molecular flexibility index (Phi) is 5.63. The molecule has 1 aromatic rings. The van der Waals surface area contributed by atoms with Crippen molar-refractivity contribution < 1.29 is 9.18 Å². The minimum atomic E-state index is -0.258. The van der Waals surface area contributed by atoms with Gasteiger partial charge in [0, 0.05) is 13.0 Å². The summed E-state index contributed by atoms with van der Waals surface area (Å²) in [7, 11) is 0. The number of unbranched alkanes of at least 4 members (excludes halogenated alkanes) is 1. The molecule has 94 valence electrons. The Bertz CT molecular complexity index is 380. The van der Waals surface area contributed by atoms with E-state index in [1.54, 1.807) is 12.1 Å². The SMILES string of the molecule is Cc1ccc(F)cc1CNCCCCC(N)=O. The average Bonchev–Trinajstić information content (AvgIpc) is 2.27. The van der Waals surface area contributed by atoms with Gasteiger partial charge < -0.3 is 11.1 Å². The topological polar surface area (TPSA) is 55.1 Å². The molecule has 0 aliphatic carbocycles. The molecule has 17 heavy (non-hydrogen) atoms. The summed E-state index contributed by atoms with van der Waals surface area (Å²) in [6.07, 6.45) is 2.13. The van der Waals surface area contributed by atoms with Gasteiger partial charge >= 0.3 is 0 Å². The van der Waals surface area contributed by atoms with Crippen LogP contribution in [0.15, 0.2) is 18.2 Å². The maximum absolute atomic E-state index is 13.0. The van der Waals surface area contributed by atoms with Crippen LogP contribution in [0.25, 0.3) is 0 Å². The van der Waals surface area contributed by atoms with Gasteiger partial charge in [-0.25, -0.2) is 4.39 Å². The number of hydrogen-bond donors (Lipinski definition) is 2. The third kappa shape index (κ3) is 5.45. The molecule has 3 nitrogen and oxygen atoms in total. The Morgan fingerprint density at radius 1 is 1.41 bits per heavy atom. The molecular weight excluding hydrogens is 219 g/mol. The molecule has 1 aromatic carbocycles. The molecule has 3 N–H and O–H groups in total. The number of rotatable bonds is 7. The fraction of sp³-hybridized carbons (Fsp3) is 0.462. The van der Waals surface area contributed by atoms with Gasteiger partial charge in [-0.2, -0.15) is 0 Å². The molecule has 0 aliphatic heterocycles. The molecule has 0 spiro atoms. The van der Waals surface area contributed by atoms with Crippen molar-refractivity contribution in [2.24, 2.45) is 5.73 Å². The van der Waals surface area contributed by atoms with Gasteiger partial charge in [0.25, 0.3) is 0 Å². The molecule has 1 amide bonds. The lowest BCUT2D eigenvalue weighted by Gasteiger charge is -2.07. The number of halogens is 1.